The van der Waals surface area contributed by atoms with Gasteiger partial charge in [0, 0.05) is 24.6 Å². The lowest BCUT2D eigenvalue weighted by Gasteiger charge is -2.25. The number of hydrogen-bond donors (Lipinski definition) is 0. The van der Waals surface area contributed by atoms with E-state index in [4.69, 9.17) is 4.52 Å². The molecule has 0 N–H and O–H groups in total. The summed E-state index contributed by atoms with van der Waals surface area (Å²) in [6, 6.07) is 7.48. The molecule has 1 aromatic carbocycles. The van der Waals surface area contributed by atoms with Gasteiger partial charge in [0.1, 0.15) is 11.5 Å². The van der Waals surface area contributed by atoms with Crippen LogP contribution >= 0.6 is 0 Å². The minimum Gasteiger partial charge on any atom is -0.361 e. The van der Waals surface area contributed by atoms with Crippen molar-refractivity contribution in [2.24, 2.45) is 0 Å². The van der Waals surface area contributed by atoms with E-state index in [1.165, 1.54) is 60.2 Å². The zero-order valence-electron chi connectivity index (χ0n) is 14.3. The van der Waals surface area contributed by atoms with Gasteiger partial charge < -0.3 is 4.52 Å². The quantitative estimate of drug-likeness (QED) is 0.835. The zero-order chi connectivity index (χ0) is 15.8. The Morgan fingerprint density at radius 3 is 2.87 bits per heavy atom. The molecule has 1 aliphatic carbocycles. The number of nitrogens with zero attached hydrogens (tertiary/aromatic N) is 2. The van der Waals surface area contributed by atoms with Crippen LogP contribution < -0.4 is 0 Å². The number of fused-ring (bicyclic) bond motifs is 1. The Morgan fingerprint density at radius 2 is 2.00 bits per heavy atom. The molecule has 4 rings (SSSR count). The Labute approximate surface area is 138 Å². The first-order chi connectivity index (χ1) is 11.2. The summed E-state index contributed by atoms with van der Waals surface area (Å²) in [6.45, 7) is 6.51. The fourth-order valence-corrected chi connectivity index (χ4v) is 4.13. The van der Waals surface area contributed by atoms with Crippen LogP contribution in [-0.2, 0) is 19.4 Å². The number of hydrogen-bond acceptors (Lipinski definition) is 3. The van der Waals surface area contributed by atoms with Crippen LogP contribution in [0, 0.1) is 13.8 Å². The summed E-state index contributed by atoms with van der Waals surface area (Å²) >= 11 is 0. The monoisotopic (exact) mass is 310 g/mol. The van der Waals surface area contributed by atoms with Crippen molar-refractivity contribution < 1.29 is 4.52 Å². The summed E-state index contributed by atoms with van der Waals surface area (Å²) in [6.07, 6.45) is 7.28. The van der Waals surface area contributed by atoms with E-state index in [0.717, 1.165) is 25.1 Å². The summed E-state index contributed by atoms with van der Waals surface area (Å²) < 4.78 is 5.60. The van der Waals surface area contributed by atoms with Crippen LogP contribution in [0.15, 0.2) is 22.7 Å². The molecule has 1 aliphatic heterocycles. The molecule has 3 nitrogen and oxygen atoms in total. The first-order valence-electron chi connectivity index (χ1n) is 9.00. The largest absolute Gasteiger partial charge is 0.361 e. The molecule has 23 heavy (non-hydrogen) atoms. The summed E-state index contributed by atoms with van der Waals surface area (Å²) in [5, 5.41) is 4.40. The van der Waals surface area contributed by atoms with Crippen molar-refractivity contribution in [3.05, 3.63) is 51.9 Å². The average Bonchev–Trinajstić information content (AvgIpc) is 3.18. The van der Waals surface area contributed by atoms with Gasteiger partial charge in [0.05, 0.1) is 0 Å². The molecule has 0 saturated carbocycles. The molecule has 122 valence electrons. The van der Waals surface area contributed by atoms with Crippen molar-refractivity contribution in [1.29, 1.82) is 0 Å². The maximum atomic E-state index is 5.60. The second-order valence-corrected chi connectivity index (χ2v) is 7.21. The van der Waals surface area contributed by atoms with Gasteiger partial charge in [0.25, 0.3) is 0 Å². The predicted molar refractivity (Wildman–Crippen MR) is 91.4 cm³/mol. The standard InChI is InChI=1S/C20H26N2O/c1-14-9-10-16(12-15(14)2)19-7-5-11-22(19)13-18-17-6-3-4-8-20(17)23-21-18/h9-10,12,19H,3-8,11,13H2,1-2H3. The van der Waals surface area contributed by atoms with Gasteiger partial charge in [-0.2, -0.15) is 0 Å². The van der Waals surface area contributed by atoms with Crippen molar-refractivity contribution in [3.63, 3.8) is 0 Å². The summed E-state index contributed by atoms with van der Waals surface area (Å²) in [4.78, 5) is 2.59. The molecule has 2 aromatic rings. The van der Waals surface area contributed by atoms with Crippen molar-refractivity contribution in [3.8, 4) is 0 Å². The molecule has 0 amide bonds. The highest BCUT2D eigenvalue weighted by Gasteiger charge is 2.29. The third kappa shape index (κ3) is 2.83. The van der Waals surface area contributed by atoms with Crippen LogP contribution in [0.2, 0.25) is 0 Å². The average molecular weight is 310 g/mol. The number of rotatable bonds is 3. The fraction of sp³-hybridized carbons (Fsp3) is 0.550. The van der Waals surface area contributed by atoms with E-state index in [0.29, 0.717) is 6.04 Å². The lowest BCUT2D eigenvalue weighted by molar-refractivity contribution is 0.239. The highest BCUT2D eigenvalue weighted by molar-refractivity contribution is 5.32. The Balaban J connectivity index is 1.56. The minimum absolute atomic E-state index is 0.533. The van der Waals surface area contributed by atoms with Gasteiger partial charge >= 0.3 is 0 Å². The molecule has 2 aliphatic rings. The van der Waals surface area contributed by atoms with Crippen molar-refractivity contribution in [2.45, 2.75) is 65.0 Å². The molecular weight excluding hydrogens is 284 g/mol. The Bertz CT molecular complexity index is 704. The van der Waals surface area contributed by atoms with Crippen molar-refractivity contribution in [2.75, 3.05) is 6.54 Å². The normalized spacial score (nSPS) is 21.6. The first-order valence-corrected chi connectivity index (χ1v) is 9.00. The summed E-state index contributed by atoms with van der Waals surface area (Å²) in [5.74, 6) is 1.15. The molecule has 1 saturated heterocycles. The molecular formula is C20H26N2O. The second-order valence-electron chi connectivity index (χ2n) is 7.21. The Hall–Kier alpha value is -1.61. The van der Waals surface area contributed by atoms with Crippen molar-refractivity contribution in [1.82, 2.24) is 10.1 Å². The number of aromatic nitrogens is 1. The topological polar surface area (TPSA) is 29.3 Å². The van der Waals surface area contributed by atoms with Gasteiger partial charge in [-0.1, -0.05) is 23.4 Å². The van der Waals surface area contributed by atoms with Crippen LogP contribution in [0.5, 0.6) is 0 Å². The van der Waals surface area contributed by atoms with Gasteiger partial charge in [0.15, 0.2) is 0 Å². The third-order valence-corrected chi connectivity index (χ3v) is 5.66. The predicted octanol–water partition coefficient (Wildman–Crippen LogP) is 4.51. The summed E-state index contributed by atoms with van der Waals surface area (Å²) in [5.41, 5.74) is 6.83. The number of benzene rings is 1. The minimum atomic E-state index is 0.533. The van der Waals surface area contributed by atoms with E-state index in [1.54, 1.807) is 0 Å². The fourth-order valence-electron chi connectivity index (χ4n) is 4.13. The molecule has 1 atom stereocenters. The molecule has 1 aromatic heterocycles. The molecule has 2 heterocycles. The molecule has 1 fully saturated rings. The smallest absolute Gasteiger partial charge is 0.140 e. The highest BCUT2D eigenvalue weighted by Crippen LogP contribution is 2.35. The Kier molecular flexibility index (Phi) is 3.98. The lowest BCUT2D eigenvalue weighted by Crippen LogP contribution is -2.24. The summed E-state index contributed by atoms with van der Waals surface area (Å²) in [7, 11) is 0. The zero-order valence-corrected chi connectivity index (χ0v) is 14.3. The highest BCUT2D eigenvalue weighted by atomic mass is 16.5. The lowest BCUT2D eigenvalue weighted by atomic mass is 9.96. The second kappa shape index (κ2) is 6.12. The molecule has 1 unspecified atom stereocenters. The van der Waals surface area contributed by atoms with Crippen LogP contribution in [-0.4, -0.2) is 16.6 Å². The number of likely N-dealkylation sites (tertiary alicyclic amines) is 1. The maximum Gasteiger partial charge on any atom is 0.140 e. The van der Waals surface area contributed by atoms with Gasteiger partial charge in [-0.05, 0) is 69.2 Å². The van der Waals surface area contributed by atoms with E-state index in [2.05, 4.69) is 42.1 Å². The van der Waals surface area contributed by atoms with E-state index in [-0.39, 0.29) is 0 Å². The van der Waals surface area contributed by atoms with E-state index in [1.807, 2.05) is 0 Å². The van der Waals surface area contributed by atoms with Crippen LogP contribution in [0.25, 0.3) is 0 Å². The third-order valence-electron chi connectivity index (χ3n) is 5.66. The van der Waals surface area contributed by atoms with Gasteiger partial charge in [-0.3, -0.25) is 4.90 Å². The van der Waals surface area contributed by atoms with E-state index < -0.39 is 0 Å². The van der Waals surface area contributed by atoms with E-state index in [9.17, 15) is 0 Å². The Morgan fingerprint density at radius 1 is 1.13 bits per heavy atom. The van der Waals surface area contributed by atoms with E-state index >= 15 is 0 Å². The maximum absolute atomic E-state index is 5.60. The van der Waals surface area contributed by atoms with Gasteiger partial charge in [-0.15, -0.1) is 0 Å². The van der Waals surface area contributed by atoms with Gasteiger partial charge in [0.2, 0.25) is 0 Å². The SMILES string of the molecule is Cc1ccc(C2CCCN2Cc2noc3c2CCCC3)cc1C. The van der Waals surface area contributed by atoms with Crippen LogP contribution in [0.4, 0.5) is 0 Å². The molecule has 0 radical (unpaired) electrons. The van der Waals surface area contributed by atoms with Crippen LogP contribution in [0.1, 0.15) is 65.4 Å². The van der Waals surface area contributed by atoms with Gasteiger partial charge in [-0.25, -0.2) is 0 Å². The number of aryl methyl sites for hydroxylation is 3. The van der Waals surface area contributed by atoms with Crippen LogP contribution in [0.3, 0.4) is 0 Å². The first kappa shape index (κ1) is 14.9. The molecule has 0 bridgehead atoms. The molecule has 3 heteroatoms. The van der Waals surface area contributed by atoms with Crippen molar-refractivity contribution >= 4 is 0 Å². The molecule has 0 spiro atoms.